The molecule has 0 radical (unpaired) electrons. The molecule has 0 aliphatic carbocycles. The van der Waals surface area contributed by atoms with E-state index >= 15 is 0 Å². The first-order valence-corrected chi connectivity index (χ1v) is 14.3. The Hall–Kier alpha value is -1.69. The summed E-state index contributed by atoms with van der Waals surface area (Å²) < 4.78 is 33.1. The lowest BCUT2D eigenvalue weighted by molar-refractivity contribution is 0.0689. The number of benzene rings is 2. The molecule has 0 saturated carbocycles. The number of unbranched alkanes of at least 4 members (excludes halogenated alkanes) is 1. The fraction of sp³-hybridized carbons (Fsp3) is 0.571. The third-order valence-corrected chi connectivity index (χ3v) is 9.71. The van der Waals surface area contributed by atoms with Crippen LogP contribution < -0.4 is 0 Å². The van der Waals surface area contributed by atoms with E-state index in [0.717, 1.165) is 51.6 Å². The van der Waals surface area contributed by atoms with E-state index in [1.165, 1.54) is 18.4 Å². The fourth-order valence-corrected chi connectivity index (χ4v) is 8.04. The molecule has 0 spiro atoms. The Balaban J connectivity index is 1.38. The SMILES string of the molecule is CCC[C@@H]1CCC[C@@H]2C(S(=O)(=O)c3ccccc3)C[C@@H](CCCCOCc3ccccc3)N12. The lowest BCUT2D eigenvalue weighted by Gasteiger charge is -2.42. The Morgan fingerprint density at radius 1 is 0.909 bits per heavy atom. The number of rotatable bonds is 11. The first-order chi connectivity index (χ1) is 16.1. The number of fused-ring (bicyclic) bond motifs is 1. The third kappa shape index (κ3) is 5.87. The molecule has 180 valence electrons. The number of piperidine rings is 1. The van der Waals surface area contributed by atoms with Crippen molar-refractivity contribution in [3.05, 3.63) is 66.2 Å². The largest absolute Gasteiger partial charge is 0.377 e. The molecule has 0 N–H and O–H groups in total. The van der Waals surface area contributed by atoms with E-state index in [4.69, 9.17) is 4.74 Å². The maximum Gasteiger partial charge on any atom is 0.182 e. The van der Waals surface area contributed by atoms with Crippen molar-refractivity contribution < 1.29 is 13.2 Å². The Bertz CT molecular complexity index is 946. The molecule has 33 heavy (non-hydrogen) atoms. The molecule has 2 aliphatic heterocycles. The van der Waals surface area contributed by atoms with Gasteiger partial charge < -0.3 is 4.74 Å². The number of ether oxygens (including phenoxy) is 1. The Labute approximate surface area is 200 Å². The van der Waals surface area contributed by atoms with Crippen LogP contribution in [-0.4, -0.2) is 43.3 Å². The Kier molecular flexibility index (Phi) is 8.61. The number of sulfone groups is 1. The smallest absolute Gasteiger partial charge is 0.182 e. The van der Waals surface area contributed by atoms with Crippen LogP contribution in [0.5, 0.6) is 0 Å². The average molecular weight is 470 g/mol. The minimum absolute atomic E-state index is 0.167. The predicted octanol–water partition coefficient (Wildman–Crippen LogP) is 6.01. The van der Waals surface area contributed by atoms with E-state index in [0.29, 0.717) is 23.6 Å². The summed E-state index contributed by atoms with van der Waals surface area (Å²) in [6.45, 7) is 3.67. The molecule has 0 amide bonds. The van der Waals surface area contributed by atoms with Crippen molar-refractivity contribution in [3.8, 4) is 0 Å². The standard InChI is InChI=1S/C28H39NO3S/c1-2-12-24-16-11-19-27-28(33(30,31)26-17-7-4-8-18-26)21-25(29(24)27)15-9-10-20-32-22-23-13-5-3-6-14-23/h3-8,13-14,17-18,24-25,27-28H,2,9-12,15-16,19-22H2,1H3/t24-,25-,27-,28?/m1/s1. The first kappa shape index (κ1) is 24.4. The van der Waals surface area contributed by atoms with Gasteiger partial charge in [-0.15, -0.1) is 0 Å². The molecule has 2 heterocycles. The van der Waals surface area contributed by atoms with E-state index in [2.05, 4.69) is 24.0 Å². The van der Waals surface area contributed by atoms with Crippen LogP contribution >= 0.6 is 0 Å². The molecule has 5 heteroatoms. The van der Waals surface area contributed by atoms with Crippen molar-refractivity contribution in [3.63, 3.8) is 0 Å². The number of hydrogen-bond donors (Lipinski definition) is 0. The summed E-state index contributed by atoms with van der Waals surface area (Å²) in [5.74, 6) is 0. The molecule has 2 aliphatic rings. The van der Waals surface area contributed by atoms with Crippen molar-refractivity contribution in [2.45, 2.75) is 99.6 Å². The average Bonchev–Trinajstić information content (AvgIpc) is 3.23. The second kappa shape index (κ2) is 11.6. The van der Waals surface area contributed by atoms with Crippen LogP contribution in [0, 0.1) is 0 Å². The van der Waals surface area contributed by atoms with E-state index in [9.17, 15) is 8.42 Å². The van der Waals surface area contributed by atoms with Gasteiger partial charge in [0, 0.05) is 24.7 Å². The Morgan fingerprint density at radius 2 is 1.64 bits per heavy atom. The molecule has 4 nitrogen and oxygen atoms in total. The maximum atomic E-state index is 13.6. The summed E-state index contributed by atoms with van der Waals surface area (Å²) in [5, 5.41) is -0.279. The zero-order chi connectivity index (χ0) is 23.1. The molecule has 0 aromatic heterocycles. The van der Waals surface area contributed by atoms with E-state index in [1.54, 1.807) is 12.1 Å². The third-order valence-electron chi connectivity index (χ3n) is 7.48. The van der Waals surface area contributed by atoms with Gasteiger partial charge in [-0.25, -0.2) is 8.42 Å². The second-order valence-corrected chi connectivity index (χ2v) is 11.9. The molecular formula is C28H39NO3S. The van der Waals surface area contributed by atoms with Crippen LogP contribution in [0.2, 0.25) is 0 Å². The lowest BCUT2D eigenvalue weighted by atomic mass is 9.93. The highest BCUT2D eigenvalue weighted by molar-refractivity contribution is 7.92. The second-order valence-electron chi connectivity index (χ2n) is 9.71. The summed E-state index contributed by atoms with van der Waals surface area (Å²) in [4.78, 5) is 3.13. The predicted molar refractivity (Wildman–Crippen MR) is 134 cm³/mol. The van der Waals surface area contributed by atoms with Gasteiger partial charge in [0.1, 0.15) is 0 Å². The summed E-state index contributed by atoms with van der Waals surface area (Å²) in [7, 11) is -3.32. The van der Waals surface area contributed by atoms with Crippen LogP contribution in [0.15, 0.2) is 65.6 Å². The first-order valence-electron chi connectivity index (χ1n) is 12.8. The highest BCUT2D eigenvalue weighted by Crippen LogP contribution is 2.42. The normalized spacial score (nSPS) is 25.7. The van der Waals surface area contributed by atoms with Crippen molar-refractivity contribution in [2.75, 3.05) is 6.61 Å². The fourth-order valence-electron chi connectivity index (χ4n) is 5.99. The van der Waals surface area contributed by atoms with Gasteiger partial charge in [0.05, 0.1) is 16.8 Å². The summed E-state index contributed by atoms with van der Waals surface area (Å²) in [6.07, 6.45) is 9.63. The van der Waals surface area contributed by atoms with E-state index < -0.39 is 9.84 Å². The quantitative estimate of drug-likeness (QED) is 0.378. The van der Waals surface area contributed by atoms with Crippen LogP contribution in [-0.2, 0) is 21.2 Å². The van der Waals surface area contributed by atoms with Crippen molar-refractivity contribution in [2.24, 2.45) is 0 Å². The molecule has 2 fully saturated rings. The zero-order valence-corrected chi connectivity index (χ0v) is 20.8. The highest BCUT2D eigenvalue weighted by atomic mass is 32.2. The van der Waals surface area contributed by atoms with Gasteiger partial charge in [-0.1, -0.05) is 68.3 Å². The molecular weight excluding hydrogens is 430 g/mol. The van der Waals surface area contributed by atoms with Crippen molar-refractivity contribution >= 4 is 9.84 Å². The molecule has 0 bridgehead atoms. The zero-order valence-electron chi connectivity index (χ0n) is 19.9. The molecule has 2 saturated heterocycles. The monoisotopic (exact) mass is 469 g/mol. The molecule has 2 aromatic rings. The summed E-state index contributed by atoms with van der Waals surface area (Å²) in [6, 6.07) is 20.5. The van der Waals surface area contributed by atoms with Crippen LogP contribution in [0.4, 0.5) is 0 Å². The maximum absolute atomic E-state index is 13.6. The lowest BCUT2D eigenvalue weighted by Crippen LogP contribution is -2.50. The molecule has 1 unspecified atom stereocenters. The van der Waals surface area contributed by atoms with Crippen LogP contribution in [0.25, 0.3) is 0 Å². The van der Waals surface area contributed by atoms with Crippen LogP contribution in [0.3, 0.4) is 0 Å². The van der Waals surface area contributed by atoms with Gasteiger partial charge in [-0.3, -0.25) is 4.90 Å². The molecule has 4 atom stereocenters. The summed E-state index contributed by atoms with van der Waals surface area (Å²) in [5.41, 5.74) is 1.21. The minimum Gasteiger partial charge on any atom is -0.377 e. The minimum atomic E-state index is -3.32. The van der Waals surface area contributed by atoms with Gasteiger partial charge in [-0.2, -0.15) is 0 Å². The van der Waals surface area contributed by atoms with Gasteiger partial charge in [0.25, 0.3) is 0 Å². The number of hydrogen-bond acceptors (Lipinski definition) is 4. The molecule has 2 aromatic carbocycles. The van der Waals surface area contributed by atoms with E-state index in [-0.39, 0.29) is 11.3 Å². The van der Waals surface area contributed by atoms with Gasteiger partial charge in [0.15, 0.2) is 9.84 Å². The van der Waals surface area contributed by atoms with Gasteiger partial charge in [-0.05, 0) is 62.6 Å². The van der Waals surface area contributed by atoms with Gasteiger partial charge >= 0.3 is 0 Å². The van der Waals surface area contributed by atoms with Crippen molar-refractivity contribution in [1.29, 1.82) is 0 Å². The molecule has 4 rings (SSSR count). The number of nitrogens with zero attached hydrogens (tertiary/aromatic N) is 1. The van der Waals surface area contributed by atoms with Crippen LogP contribution in [0.1, 0.15) is 70.3 Å². The van der Waals surface area contributed by atoms with E-state index in [1.807, 2.05) is 36.4 Å². The van der Waals surface area contributed by atoms with Gasteiger partial charge in [0.2, 0.25) is 0 Å². The highest BCUT2D eigenvalue weighted by Gasteiger charge is 2.50. The topological polar surface area (TPSA) is 46.6 Å². The Morgan fingerprint density at radius 3 is 2.36 bits per heavy atom. The summed E-state index contributed by atoms with van der Waals surface area (Å²) >= 11 is 0. The van der Waals surface area contributed by atoms with Crippen molar-refractivity contribution in [1.82, 2.24) is 4.90 Å².